The Morgan fingerprint density at radius 2 is 2.08 bits per heavy atom. The largest absolute Gasteiger partial charge is 0.379 e. The molecule has 0 radical (unpaired) electrons. The van der Waals surface area contributed by atoms with Gasteiger partial charge >= 0.3 is 0 Å². The molecule has 0 aromatic carbocycles. The fourth-order valence-electron chi connectivity index (χ4n) is 1.13. The van der Waals surface area contributed by atoms with E-state index in [0.717, 1.165) is 11.3 Å². The topological polar surface area (TPSA) is 35.1 Å². The number of nitrogens with zero attached hydrogens (tertiary/aromatic N) is 1. The van der Waals surface area contributed by atoms with Gasteiger partial charge in [0.25, 0.3) is 5.56 Å². The Bertz CT molecular complexity index is 340. The summed E-state index contributed by atoms with van der Waals surface area (Å²) < 4.78 is 6.69. The van der Waals surface area contributed by atoms with Crippen LogP contribution in [0.2, 0.25) is 0 Å². The lowest BCUT2D eigenvalue weighted by atomic mass is 10.1. The second-order valence-electron chi connectivity index (χ2n) is 3.03. The highest BCUT2D eigenvalue weighted by Gasteiger charge is 2.17. The van der Waals surface area contributed by atoms with E-state index in [-0.39, 0.29) is 11.5 Å². The van der Waals surface area contributed by atoms with Gasteiger partial charge in [-0.2, -0.15) is 4.74 Å². The first-order chi connectivity index (χ1) is 6.11. The summed E-state index contributed by atoms with van der Waals surface area (Å²) in [5, 5.41) is 0.544. The summed E-state index contributed by atoms with van der Waals surface area (Å²) in [6, 6.07) is 0. The highest BCUT2D eigenvalue weighted by Crippen LogP contribution is 2.19. The number of hydrogen-bond acceptors (Lipinski definition) is 2. The van der Waals surface area contributed by atoms with Crippen LogP contribution in [0, 0.1) is 0 Å². The van der Waals surface area contributed by atoms with E-state index in [0.29, 0.717) is 10.8 Å². The molecule has 1 rings (SSSR count). The van der Waals surface area contributed by atoms with Gasteiger partial charge in [-0.3, -0.25) is 4.79 Å². The Hall–Kier alpha value is -0.0300. The first-order valence-corrected chi connectivity index (χ1v) is 6.21. The van der Waals surface area contributed by atoms with Crippen molar-refractivity contribution in [2.24, 2.45) is 0 Å². The molecular weight excluding hydrogens is 302 g/mol. The van der Waals surface area contributed by atoms with E-state index in [9.17, 15) is 4.79 Å². The Balaban J connectivity index is 3.28. The van der Waals surface area contributed by atoms with Gasteiger partial charge in [0.05, 0.1) is 5.56 Å². The van der Waals surface area contributed by atoms with Crippen molar-refractivity contribution in [2.75, 3.05) is 0 Å². The molecule has 5 heteroatoms. The maximum atomic E-state index is 11.6. The van der Waals surface area contributed by atoms with E-state index in [4.69, 9.17) is 4.52 Å². The highest BCUT2D eigenvalue weighted by molar-refractivity contribution is 9.08. The third-order valence-electron chi connectivity index (χ3n) is 1.76. The van der Waals surface area contributed by atoms with Crippen LogP contribution >= 0.6 is 31.9 Å². The van der Waals surface area contributed by atoms with Crippen LogP contribution in [0.4, 0.5) is 0 Å². The minimum Gasteiger partial charge on any atom is -0.379 e. The number of hydrogen-bond donors (Lipinski definition) is 0. The summed E-state index contributed by atoms with van der Waals surface area (Å²) in [6.07, 6.45) is 0. The average Bonchev–Trinajstić information content (AvgIpc) is 2.42. The molecule has 1 aromatic heterocycles. The molecule has 0 fully saturated rings. The SMILES string of the molecule is CC(C)c1on(CBr)c(=O)c1CBr. The molecule has 0 aliphatic carbocycles. The molecule has 0 unspecified atom stereocenters. The molecule has 0 spiro atoms. The van der Waals surface area contributed by atoms with Gasteiger partial charge in [-0.25, -0.2) is 0 Å². The molecule has 1 aromatic rings. The monoisotopic (exact) mass is 311 g/mol. The van der Waals surface area contributed by atoms with Crippen LogP contribution in [0.5, 0.6) is 0 Å². The highest BCUT2D eigenvalue weighted by atomic mass is 79.9. The van der Waals surface area contributed by atoms with Crippen LogP contribution in [-0.4, -0.2) is 4.74 Å². The van der Waals surface area contributed by atoms with Crippen molar-refractivity contribution in [3.63, 3.8) is 0 Å². The lowest BCUT2D eigenvalue weighted by Crippen LogP contribution is -2.14. The molecule has 0 bridgehead atoms. The fourth-order valence-corrected chi connectivity index (χ4v) is 1.97. The molecule has 0 saturated heterocycles. The van der Waals surface area contributed by atoms with Gasteiger partial charge in [0, 0.05) is 11.2 Å². The normalized spacial score (nSPS) is 11.2. The number of rotatable bonds is 3. The van der Waals surface area contributed by atoms with Gasteiger partial charge in [-0.1, -0.05) is 45.7 Å². The standard InChI is InChI=1S/C8H11Br2NO2/c1-5(2)7-6(3-9)8(12)11(4-10)13-7/h5H,3-4H2,1-2H3. The minimum absolute atomic E-state index is 0.0579. The van der Waals surface area contributed by atoms with Gasteiger partial charge in [0.1, 0.15) is 11.2 Å². The third-order valence-corrected chi connectivity index (χ3v) is 2.77. The molecule has 0 atom stereocenters. The van der Waals surface area contributed by atoms with Crippen molar-refractivity contribution in [3.05, 3.63) is 21.7 Å². The van der Waals surface area contributed by atoms with Crippen molar-refractivity contribution in [1.82, 2.24) is 4.74 Å². The number of aromatic nitrogens is 1. The van der Waals surface area contributed by atoms with E-state index in [1.54, 1.807) is 0 Å². The predicted octanol–water partition coefficient (Wildman–Crippen LogP) is 2.81. The van der Waals surface area contributed by atoms with Crippen LogP contribution in [0.25, 0.3) is 0 Å². The molecule has 0 N–H and O–H groups in total. The van der Waals surface area contributed by atoms with Crippen molar-refractivity contribution < 1.29 is 4.52 Å². The molecule has 0 aliphatic rings. The van der Waals surface area contributed by atoms with Crippen LogP contribution < -0.4 is 5.56 Å². The van der Waals surface area contributed by atoms with Crippen LogP contribution in [0.1, 0.15) is 31.1 Å². The van der Waals surface area contributed by atoms with Gasteiger partial charge in [0.2, 0.25) is 0 Å². The van der Waals surface area contributed by atoms with Gasteiger partial charge in [-0.15, -0.1) is 0 Å². The molecule has 74 valence electrons. The van der Waals surface area contributed by atoms with E-state index in [2.05, 4.69) is 31.9 Å². The average molecular weight is 313 g/mol. The Morgan fingerprint density at radius 3 is 2.38 bits per heavy atom. The summed E-state index contributed by atoms with van der Waals surface area (Å²) in [7, 11) is 0. The summed E-state index contributed by atoms with van der Waals surface area (Å²) in [5.41, 5.74) is 1.06. The Labute approximate surface area is 93.3 Å². The van der Waals surface area contributed by atoms with E-state index in [1.807, 2.05) is 13.8 Å². The van der Waals surface area contributed by atoms with E-state index < -0.39 is 0 Å². The molecule has 13 heavy (non-hydrogen) atoms. The zero-order valence-corrected chi connectivity index (χ0v) is 10.7. The lowest BCUT2D eigenvalue weighted by molar-refractivity contribution is 0.266. The molecule has 0 saturated carbocycles. The Kier molecular flexibility index (Phi) is 3.79. The molecule has 0 amide bonds. The molecule has 0 aliphatic heterocycles. The van der Waals surface area contributed by atoms with Gasteiger partial charge in [-0.05, 0) is 0 Å². The fraction of sp³-hybridized carbons (Fsp3) is 0.625. The second-order valence-corrected chi connectivity index (χ2v) is 4.09. The summed E-state index contributed by atoms with van der Waals surface area (Å²) in [6.45, 7) is 4.01. The first-order valence-electron chi connectivity index (χ1n) is 3.96. The smallest absolute Gasteiger partial charge is 0.287 e. The Morgan fingerprint density at radius 1 is 1.46 bits per heavy atom. The van der Waals surface area contributed by atoms with Crippen molar-refractivity contribution in [1.29, 1.82) is 0 Å². The quantitative estimate of drug-likeness (QED) is 0.805. The van der Waals surface area contributed by atoms with Crippen LogP contribution in [-0.2, 0) is 10.8 Å². The zero-order valence-electron chi connectivity index (χ0n) is 7.51. The lowest BCUT2D eigenvalue weighted by Gasteiger charge is -1.99. The maximum absolute atomic E-state index is 11.6. The van der Waals surface area contributed by atoms with Gasteiger partial charge in [0.15, 0.2) is 0 Å². The van der Waals surface area contributed by atoms with Crippen molar-refractivity contribution >= 4 is 31.9 Å². The number of halogens is 2. The van der Waals surface area contributed by atoms with E-state index >= 15 is 0 Å². The molecule has 1 heterocycles. The van der Waals surface area contributed by atoms with Crippen molar-refractivity contribution in [2.45, 2.75) is 30.5 Å². The molecule has 3 nitrogen and oxygen atoms in total. The van der Waals surface area contributed by atoms with Gasteiger partial charge < -0.3 is 4.52 Å². The maximum Gasteiger partial charge on any atom is 0.287 e. The summed E-state index contributed by atoms with van der Waals surface area (Å²) in [4.78, 5) is 11.6. The third kappa shape index (κ3) is 2.07. The van der Waals surface area contributed by atoms with Crippen LogP contribution in [0.15, 0.2) is 9.32 Å². The minimum atomic E-state index is -0.0579. The summed E-state index contributed by atoms with van der Waals surface area (Å²) in [5.74, 6) is 1.00. The predicted molar refractivity (Wildman–Crippen MR) is 58.6 cm³/mol. The van der Waals surface area contributed by atoms with Crippen molar-refractivity contribution in [3.8, 4) is 0 Å². The second kappa shape index (κ2) is 4.46. The van der Waals surface area contributed by atoms with E-state index in [1.165, 1.54) is 4.74 Å². The molecular formula is C8H11Br2NO2. The van der Waals surface area contributed by atoms with Crippen LogP contribution in [0.3, 0.4) is 0 Å². The summed E-state index contributed by atoms with van der Waals surface area (Å²) >= 11 is 6.47. The zero-order chi connectivity index (χ0) is 10.0. The number of alkyl halides is 2. The first kappa shape index (κ1) is 11.0.